The summed E-state index contributed by atoms with van der Waals surface area (Å²) in [4.78, 5) is 6.70. The van der Waals surface area contributed by atoms with Crippen molar-refractivity contribution in [3.63, 3.8) is 0 Å². The van der Waals surface area contributed by atoms with Crippen molar-refractivity contribution < 1.29 is 0 Å². The second-order valence-corrected chi connectivity index (χ2v) is 4.12. The second-order valence-electron chi connectivity index (χ2n) is 4.12. The fourth-order valence-corrected chi connectivity index (χ4v) is 2.49. The summed E-state index contributed by atoms with van der Waals surface area (Å²) in [7, 11) is 0. The molecule has 16 heavy (non-hydrogen) atoms. The fourth-order valence-electron chi connectivity index (χ4n) is 2.49. The molecule has 2 heterocycles. The molecule has 2 aromatic carbocycles. The lowest BCUT2D eigenvalue weighted by atomic mass is 10.1. The summed E-state index contributed by atoms with van der Waals surface area (Å²) in [6, 6.07) is 12.7. The highest BCUT2D eigenvalue weighted by atomic mass is 14.7. The lowest BCUT2D eigenvalue weighted by Crippen LogP contribution is -1.90. The first-order chi connectivity index (χ1) is 7.93. The number of H-pyrrole nitrogens is 2. The highest BCUT2D eigenvalue weighted by Crippen LogP contribution is 2.20. The molecule has 2 N–H and O–H groups in total. The molecule has 2 nitrogen and oxygen atoms in total. The summed E-state index contributed by atoms with van der Waals surface area (Å²) >= 11 is 0. The molecule has 2 heteroatoms. The van der Waals surface area contributed by atoms with Crippen LogP contribution in [0.25, 0.3) is 21.8 Å². The Morgan fingerprint density at radius 2 is 1.12 bits per heavy atom. The maximum atomic E-state index is 3.35. The van der Waals surface area contributed by atoms with E-state index in [-0.39, 0.29) is 0 Å². The zero-order valence-electron chi connectivity index (χ0n) is 8.62. The minimum absolute atomic E-state index is 1.19. The molecule has 0 amide bonds. The summed E-state index contributed by atoms with van der Waals surface area (Å²) in [6.07, 6.45) is 4.13. The van der Waals surface area contributed by atoms with Crippen LogP contribution in [-0.4, -0.2) is 9.97 Å². The van der Waals surface area contributed by atoms with E-state index < -0.39 is 0 Å². The van der Waals surface area contributed by atoms with Crippen molar-refractivity contribution in [2.75, 3.05) is 0 Å². The second kappa shape index (κ2) is 2.67. The Morgan fingerprint density at radius 1 is 0.625 bits per heavy atom. The highest BCUT2D eigenvalue weighted by molar-refractivity contribution is 5.77. The molecule has 0 radical (unpaired) electrons. The number of hydrogen-bond donors (Lipinski definition) is 2. The third-order valence-electron chi connectivity index (χ3n) is 3.21. The van der Waals surface area contributed by atoms with Crippen LogP contribution in [0.5, 0.6) is 0 Å². The van der Waals surface area contributed by atoms with Gasteiger partial charge in [0.1, 0.15) is 0 Å². The molecule has 2 aliphatic rings. The van der Waals surface area contributed by atoms with Gasteiger partial charge in [0.05, 0.1) is 0 Å². The quantitative estimate of drug-likeness (QED) is 0.442. The molecule has 0 aromatic heterocycles. The minimum atomic E-state index is 1.19. The zero-order valence-corrected chi connectivity index (χ0v) is 8.62. The topological polar surface area (TPSA) is 31.6 Å². The number of benzene rings is 2. The Balaban J connectivity index is 2.61. The normalized spacial score (nSPS) is 11.8. The number of aromatic nitrogens is 2. The van der Waals surface area contributed by atoms with Crippen molar-refractivity contribution in [3.8, 4) is 0 Å². The van der Waals surface area contributed by atoms with Crippen LogP contribution in [0.15, 0.2) is 48.8 Å². The van der Waals surface area contributed by atoms with Crippen molar-refractivity contribution in [2.24, 2.45) is 0 Å². The molecule has 0 bridgehead atoms. The largest absolute Gasteiger partial charge is 0.361 e. The van der Waals surface area contributed by atoms with Crippen LogP contribution < -0.4 is 0 Å². The first-order valence-electron chi connectivity index (χ1n) is 5.39. The van der Waals surface area contributed by atoms with Crippen LogP contribution in [0.3, 0.4) is 0 Å². The van der Waals surface area contributed by atoms with Gasteiger partial charge in [-0.1, -0.05) is 24.3 Å². The molecule has 2 aliphatic heterocycles. The molecule has 0 aliphatic carbocycles. The van der Waals surface area contributed by atoms with E-state index >= 15 is 0 Å². The standard InChI is InChI=1S/C14H10N2/c1-3-9-7-16-12-6-2-4-10-8-15-11(5-1)13(9)14(10)12/h1-8,15-16H. The molecule has 0 fully saturated rings. The number of rotatable bonds is 0. The summed E-state index contributed by atoms with van der Waals surface area (Å²) in [5.41, 5.74) is 2.38. The molecule has 76 valence electrons. The van der Waals surface area contributed by atoms with Crippen LogP contribution in [0.1, 0.15) is 0 Å². The average Bonchev–Trinajstić information content (AvgIpc) is 2.36. The van der Waals surface area contributed by atoms with E-state index in [9.17, 15) is 0 Å². The van der Waals surface area contributed by atoms with E-state index in [2.05, 4.69) is 58.8 Å². The Morgan fingerprint density at radius 3 is 1.62 bits per heavy atom. The summed E-state index contributed by atoms with van der Waals surface area (Å²) < 4.78 is 0. The lowest BCUT2D eigenvalue weighted by molar-refractivity contribution is 1.33. The Hall–Kier alpha value is -2.22. The Kier molecular flexibility index (Phi) is 1.33. The number of aromatic amines is 2. The lowest BCUT2D eigenvalue weighted by Gasteiger charge is -2.06. The maximum Gasteiger partial charge on any atom is 0.0467 e. The molecule has 0 atom stereocenters. The summed E-state index contributed by atoms with van der Waals surface area (Å²) in [5.74, 6) is 0. The predicted molar refractivity (Wildman–Crippen MR) is 65.5 cm³/mol. The average molecular weight is 206 g/mol. The molecular weight excluding hydrogens is 196 g/mol. The molecule has 4 rings (SSSR count). The first-order valence-corrected chi connectivity index (χ1v) is 5.39. The van der Waals surface area contributed by atoms with Gasteiger partial charge < -0.3 is 9.97 Å². The van der Waals surface area contributed by atoms with Gasteiger partial charge in [-0.2, -0.15) is 0 Å². The van der Waals surface area contributed by atoms with Crippen LogP contribution in [0, 0.1) is 10.4 Å². The summed E-state index contributed by atoms with van der Waals surface area (Å²) in [5, 5.41) is 5.12. The van der Waals surface area contributed by atoms with Crippen molar-refractivity contribution in [2.45, 2.75) is 0 Å². The Bertz CT molecular complexity index is 715. The van der Waals surface area contributed by atoms with Crippen LogP contribution in [0.2, 0.25) is 0 Å². The van der Waals surface area contributed by atoms with Gasteiger partial charge in [-0.05, 0) is 12.1 Å². The third kappa shape index (κ3) is 0.865. The van der Waals surface area contributed by atoms with Crippen molar-refractivity contribution in [1.29, 1.82) is 0 Å². The molecule has 0 saturated heterocycles. The van der Waals surface area contributed by atoms with Gasteiger partial charge in [-0.25, -0.2) is 0 Å². The van der Waals surface area contributed by atoms with Crippen LogP contribution in [-0.2, 0) is 0 Å². The van der Waals surface area contributed by atoms with Gasteiger partial charge in [0.15, 0.2) is 0 Å². The van der Waals surface area contributed by atoms with Gasteiger partial charge in [-0.15, -0.1) is 0 Å². The van der Waals surface area contributed by atoms with Gasteiger partial charge in [0.25, 0.3) is 0 Å². The monoisotopic (exact) mass is 206 g/mol. The third-order valence-corrected chi connectivity index (χ3v) is 3.21. The molecule has 2 aromatic rings. The van der Waals surface area contributed by atoms with Gasteiger partial charge >= 0.3 is 0 Å². The zero-order chi connectivity index (χ0) is 10.5. The molecular formula is C14H10N2. The van der Waals surface area contributed by atoms with Gasteiger partial charge in [-0.3, -0.25) is 0 Å². The van der Waals surface area contributed by atoms with Gasteiger partial charge in [0, 0.05) is 44.6 Å². The molecule has 0 spiro atoms. The number of nitrogens with one attached hydrogen (secondary N) is 2. The minimum Gasteiger partial charge on any atom is -0.361 e. The van der Waals surface area contributed by atoms with E-state index in [1.165, 1.54) is 32.2 Å². The molecule has 0 saturated carbocycles. The number of hydrogen-bond acceptors (Lipinski definition) is 0. The SMILES string of the molecule is c1cc2c[nH]c3cccc4c[nH]c(c1)c2=c43. The maximum absolute atomic E-state index is 3.35. The smallest absolute Gasteiger partial charge is 0.0467 e. The van der Waals surface area contributed by atoms with Crippen LogP contribution >= 0.6 is 0 Å². The van der Waals surface area contributed by atoms with E-state index in [1.54, 1.807) is 0 Å². The van der Waals surface area contributed by atoms with E-state index in [4.69, 9.17) is 0 Å². The highest BCUT2D eigenvalue weighted by Gasteiger charge is 2.03. The van der Waals surface area contributed by atoms with Gasteiger partial charge in [0.2, 0.25) is 0 Å². The van der Waals surface area contributed by atoms with E-state index in [0.717, 1.165) is 0 Å². The fraction of sp³-hybridized carbons (Fsp3) is 0. The summed E-state index contributed by atoms with van der Waals surface area (Å²) in [6.45, 7) is 0. The van der Waals surface area contributed by atoms with E-state index in [1.807, 2.05) is 0 Å². The van der Waals surface area contributed by atoms with Crippen LogP contribution in [0.4, 0.5) is 0 Å². The van der Waals surface area contributed by atoms with Crippen molar-refractivity contribution in [1.82, 2.24) is 9.97 Å². The Labute approximate surface area is 91.6 Å². The van der Waals surface area contributed by atoms with Crippen molar-refractivity contribution in [3.05, 3.63) is 59.2 Å². The molecule has 0 unspecified atom stereocenters. The predicted octanol–water partition coefficient (Wildman–Crippen LogP) is 3.37. The van der Waals surface area contributed by atoms with E-state index in [0.29, 0.717) is 0 Å². The van der Waals surface area contributed by atoms with Crippen molar-refractivity contribution >= 4 is 21.8 Å². The first kappa shape index (κ1) is 7.99.